The number of fused-ring (bicyclic) bond motifs is 1. The van der Waals surface area contributed by atoms with Gasteiger partial charge in [-0.2, -0.15) is 0 Å². The van der Waals surface area contributed by atoms with Crippen molar-refractivity contribution in [1.29, 1.82) is 0 Å². The van der Waals surface area contributed by atoms with E-state index in [1.54, 1.807) is 12.5 Å². The minimum Gasteiger partial charge on any atom is -0.492 e. The summed E-state index contributed by atoms with van der Waals surface area (Å²) in [7, 11) is 0. The van der Waals surface area contributed by atoms with Gasteiger partial charge in [-0.15, -0.1) is 0 Å². The van der Waals surface area contributed by atoms with Crippen LogP contribution in [0.25, 0.3) is 6.08 Å². The van der Waals surface area contributed by atoms with Gasteiger partial charge in [0.25, 0.3) is 0 Å². The number of rotatable bonds is 5. The molecule has 0 saturated carbocycles. The summed E-state index contributed by atoms with van der Waals surface area (Å²) in [6.07, 6.45) is 8.84. The molecule has 0 radical (unpaired) electrons. The average Bonchev–Trinajstić information content (AvgIpc) is 3.19. The molecule has 1 aliphatic carbocycles. The van der Waals surface area contributed by atoms with Crippen LogP contribution in [0.15, 0.2) is 66.8 Å². The normalized spacial score (nSPS) is 15.0. The minimum absolute atomic E-state index is 0.0705. The zero-order chi connectivity index (χ0) is 18.6. The topological polar surface area (TPSA) is 44.1 Å². The van der Waals surface area contributed by atoms with E-state index in [1.807, 2.05) is 59.3 Å². The number of allylic oxidation sites excluding steroid dienone is 1. The van der Waals surface area contributed by atoms with Gasteiger partial charge in [-0.25, -0.2) is 4.98 Å². The van der Waals surface area contributed by atoms with Crippen molar-refractivity contribution < 1.29 is 9.53 Å². The van der Waals surface area contributed by atoms with Crippen LogP contribution in [0.1, 0.15) is 27.9 Å². The molecule has 1 aliphatic rings. The summed E-state index contributed by atoms with van der Waals surface area (Å²) in [6.45, 7) is 1.29. The molecule has 4 nitrogen and oxygen atoms in total. The van der Waals surface area contributed by atoms with Gasteiger partial charge in [0.2, 0.25) is 0 Å². The fourth-order valence-corrected chi connectivity index (χ4v) is 3.44. The van der Waals surface area contributed by atoms with Crippen LogP contribution >= 0.6 is 11.6 Å². The van der Waals surface area contributed by atoms with E-state index < -0.39 is 0 Å². The zero-order valence-corrected chi connectivity index (χ0v) is 15.5. The Balaban J connectivity index is 1.48. The van der Waals surface area contributed by atoms with Gasteiger partial charge in [-0.3, -0.25) is 4.79 Å². The lowest BCUT2D eigenvalue weighted by Gasteiger charge is -2.19. The Hall–Kier alpha value is -2.85. The number of halogens is 1. The molecule has 136 valence electrons. The van der Waals surface area contributed by atoms with E-state index in [-0.39, 0.29) is 5.78 Å². The van der Waals surface area contributed by atoms with Crippen LogP contribution in [-0.2, 0) is 13.0 Å². The molecule has 3 aromatic rings. The molecule has 0 unspecified atom stereocenters. The van der Waals surface area contributed by atoms with Crippen molar-refractivity contribution in [3.63, 3.8) is 0 Å². The molecule has 0 atom stereocenters. The molecule has 5 heteroatoms. The van der Waals surface area contributed by atoms with Gasteiger partial charge in [0, 0.05) is 28.6 Å². The first-order valence-corrected chi connectivity index (χ1v) is 9.30. The Morgan fingerprint density at radius 1 is 1.19 bits per heavy atom. The maximum absolute atomic E-state index is 12.9. The standard InChI is InChI=1S/C22H19ClN2O2/c23-21-4-2-1-3-17(21)13-18-6-5-16-14-19(7-8-20(16)22(18)26)27-12-11-25-10-9-24-15-25/h1-4,7-10,13-15H,5-6,11-12H2. The zero-order valence-electron chi connectivity index (χ0n) is 14.8. The van der Waals surface area contributed by atoms with Crippen molar-refractivity contribution in [2.75, 3.05) is 6.61 Å². The molecular formula is C22H19ClN2O2. The third-order valence-electron chi connectivity index (χ3n) is 4.69. The van der Waals surface area contributed by atoms with Crippen LogP contribution < -0.4 is 4.74 Å². The number of carbonyl (C=O) groups excluding carboxylic acids is 1. The molecule has 2 aromatic carbocycles. The second kappa shape index (κ2) is 7.80. The summed E-state index contributed by atoms with van der Waals surface area (Å²) in [5.41, 5.74) is 3.47. The maximum atomic E-state index is 12.9. The fourth-order valence-electron chi connectivity index (χ4n) is 3.25. The lowest BCUT2D eigenvalue weighted by atomic mass is 9.86. The third-order valence-corrected chi connectivity index (χ3v) is 5.03. The lowest BCUT2D eigenvalue weighted by Crippen LogP contribution is -2.14. The monoisotopic (exact) mass is 378 g/mol. The van der Waals surface area contributed by atoms with Gasteiger partial charge in [0.15, 0.2) is 5.78 Å². The van der Waals surface area contributed by atoms with Crippen molar-refractivity contribution in [3.05, 3.63) is 88.5 Å². The Bertz CT molecular complexity index is 993. The van der Waals surface area contributed by atoms with Crippen LogP contribution in [0.4, 0.5) is 0 Å². The first-order valence-electron chi connectivity index (χ1n) is 8.92. The summed E-state index contributed by atoms with van der Waals surface area (Å²) in [5.74, 6) is 0.862. The van der Waals surface area contributed by atoms with E-state index in [9.17, 15) is 4.79 Å². The van der Waals surface area contributed by atoms with Crippen molar-refractivity contribution in [2.45, 2.75) is 19.4 Å². The van der Waals surface area contributed by atoms with E-state index in [2.05, 4.69) is 4.98 Å². The Labute approximate surface area is 163 Å². The summed E-state index contributed by atoms with van der Waals surface area (Å²) < 4.78 is 7.79. The van der Waals surface area contributed by atoms with Gasteiger partial charge < -0.3 is 9.30 Å². The number of imidazole rings is 1. The Morgan fingerprint density at radius 2 is 2.07 bits per heavy atom. The highest BCUT2D eigenvalue weighted by Crippen LogP contribution is 2.30. The fraction of sp³-hybridized carbons (Fsp3) is 0.182. The highest BCUT2D eigenvalue weighted by atomic mass is 35.5. The van der Waals surface area contributed by atoms with E-state index in [4.69, 9.17) is 16.3 Å². The van der Waals surface area contributed by atoms with E-state index in [1.165, 1.54) is 0 Å². The largest absolute Gasteiger partial charge is 0.492 e. The second-order valence-electron chi connectivity index (χ2n) is 6.49. The number of Topliss-reactive ketones (excluding diaryl/α,β-unsaturated/α-hetero) is 1. The molecule has 1 aromatic heterocycles. The molecule has 0 bridgehead atoms. The van der Waals surface area contributed by atoms with E-state index in [0.717, 1.165) is 41.0 Å². The smallest absolute Gasteiger partial charge is 0.189 e. The first kappa shape index (κ1) is 17.6. The summed E-state index contributed by atoms with van der Waals surface area (Å²) in [5, 5.41) is 0.658. The van der Waals surface area contributed by atoms with Crippen LogP contribution in [0.3, 0.4) is 0 Å². The number of ketones is 1. The molecule has 0 aliphatic heterocycles. The molecule has 0 N–H and O–H groups in total. The van der Waals surface area contributed by atoms with Gasteiger partial charge in [0.1, 0.15) is 12.4 Å². The van der Waals surface area contributed by atoms with Crippen LogP contribution in [0.5, 0.6) is 5.75 Å². The Morgan fingerprint density at radius 3 is 2.89 bits per heavy atom. The van der Waals surface area contributed by atoms with Crippen molar-refractivity contribution in [1.82, 2.24) is 9.55 Å². The van der Waals surface area contributed by atoms with Crippen molar-refractivity contribution >= 4 is 23.5 Å². The predicted molar refractivity (Wildman–Crippen MR) is 106 cm³/mol. The van der Waals surface area contributed by atoms with E-state index in [0.29, 0.717) is 18.1 Å². The SMILES string of the molecule is O=C1C(=Cc2ccccc2Cl)CCc2cc(OCCn3ccnc3)ccc21. The molecule has 0 amide bonds. The molecule has 4 rings (SSSR count). The van der Waals surface area contributed by atoms with Crippen molar-refractivity contribution in [3.8, 4) is 5.75 Å². The summed E-state index contributed by atoms with van der Waals surface area (Å²) in [6, 6.07) is 13.3. The van der Waals surface area contributed by atoms with Crippen LogP contribution in [0.2, 0.25) is 5.02 Å². The van der Waals surface area contributed by atoms with Gasteiger partial charge in [-0.1, -0.05) is 29.8 Å². The molecule has 0 spiro atoms. The number of aromatic nitrogens is 2. The van der Waals surface area contributed by atoms with Gasteiger partial charge in [-0.05, 0) is 54.3 Å². The van der Waals surface area contributed by atoms with Crippen LogP contribution in [-0.4, -0.2) is 21.9 Å². The highest BCUT2D eigenvalue weighted by Gasteiger charge is 2.22. The number of hydrogen-bond acceptors (Lipinski definition) is 3. The summed E-state index contributed by atoms with van der Waals surface area (Å²) >= 11 is 6.22. The number of ether oxygens (including phenoxy) is 1. The van der Waals surface area contributed by atoms with Gasteiger partial charge >= 0.3 is 0 Å². The molecule has 27 heavy (non-hydrogen) atoms. The number of benzene rings is 2. The first-order chi connectivity index (χ1) is 13.2. The third kappa shape index (κ3) is 3.96. The predicted octanol–water partition coefficient (Wildman–Crippen LogP) is 4.83. The number of nitrogens with zero attached hydrogens (tertiary/aromatic N) is 2. The quantitative estimate of drug-likeness (QED) is 0.597. The maximum Gasteiger partial charge on any atom is 0.189 e. The number of carbonyl (C=O) groups is 1. The van der Waals surface area contributed by atoms with Gasteiger partial charge in [0.05, 0.1) is 12.9 Å². The van der Waals surface area contributed by atoms with Crippen molar-refractivity contribution in [2.24, 2.45) is 0 Å². The molecular weight excluding hydrogens is 360 g/mol. The van der Waals surface area contributed by atoms with E-state index >= 15 is 0 Å². The molecule has 0 fully saturated rings. The lowest BCUT2D eigenvalue weighted by molar-refractivity contribution is 0.102. The molecule has 1 heterocycles. The Kier molecular flexibility index (Phi) is 5.07. The number of hydrogen-bond donors (Lipinski definition) is 0. The highest BCUT2D eigenvalue weighted by molar-refractivity contribution is 6.32. The average molecular weight is 379 g/mol. The van der Waals surface area contributed by atoms with Crippen LogP contribution in [0, 0.1) is 0 Å². The minimum atomic E-state index is 0.0705. The second-order valence-corrected chi connectivity index (χ2v) is 6.90. The number of aryl methyl sites for hydroxylation is 1. The molecule has 0 saturated heterocycles. The summed E-state index contributed by atoms with van der Waals surface area (Å²) in [4.78, 5) is 16.9.